The van der Waals surface area contributed by atoms with Crippen LogP contribution in [-0.2, 0) is 0 Å². The van der Waals surface area contributed by atoms with Gasteiger partial charge in [-0.3, -0.25) is 0 Å². The van der Waals surface area contributed by atoms with E-state index in [2.05, 4.69) is 13.8 Å². The number of hydrogen-bond acceptors (Lipinski definition) is 1. The third kappa shape index (κ3) is 8.86. The molecule has 0 aliphatic heterocycles. The van der Waals surface area contributed by atoms with Crippen LogP contribution < -0.4 is 5.73 Å². The van der Waals surface area contributed by atoms with Crippen molar-refractivity contribution < 1.29 is 0 Å². The van der Waals surface area contributed by atoms with E-state index in [1.807, 2.05) is 0 Å². The van der Waals surface area contributed by atoms with E-state index in [-0.39, 0.29) is 5.54 Å². The molecule has 2 atom stereocenters. The van der Waals surface area contributed by atoms with E-state index in [0.717, 1.165) is 5.92 Å². The second kappa shape index (κ2) is 11.5. The monoisotopic (exact) mass is 295 g/mol. The molecule has 0 amide bonds. The minimum absolute atomic E-state index is 0.194. The summed E-state index contributed by atoms with van der Waals surface area (Å²) in [6, 6.07) is 0. The fourth-order valence-electron chi connectivity index (χ4n) is 4.06. The summed E-state index contributed by atoms with van der Waals surface area (Å²) in [5.41, 5.74) is 6.83. The maximum Gasteiger partial charge on any atom is 0.0157 e. The summed E-state index contributed by atoms with van der Waals surface area (Å²) < 4.78 is 0. The minimum atomic E-state index is 0.194. The molecular weight excluding hydrogens is 254 g/mol. The molecule has 1 heteroatoms. The standard InChI is InChI=1S/C20H41N/c1-3-5-6-7-8-9-10-11-12-13-16-20(21)17-14-15-19(4-2)18-20/h19H,3-18,21H2,1-2H3. The Bertz CT molecular complexity index is 238. The van der Waals surface area contributed by atoms with Gasteiger partial charge in [0, 0.05) is 5.54 Å². The van der Waals surface area contributed by atoms with Gasteiger partial charge in [0.25, 0.3) is 0 Å². The highest BCUT2D eigenvalue weighted by molar-refractivity contribution is 4.90. The maximum absolute atomic E-state index is 6.63. The van der Waals surface area contributed by atoms with Crippen molar-refractivity contribution in [3.8, 4) is 0 Å². The molecule has 0 aromatic rings. The molecule has 0 aromatic carbocycles. The largest absolute Gasteiger partial charge is 0.325 e. The first kappa shape index (κ1) is 19.0. The van der Waals surface area contributed by atoms with Gasteiger partial charge in [0.15, 0.2) is 0 Å². The van der Waals surface area contributed by atoms with Crippen molar-refractivity contribution in [1.82, 2.24) is 0 Å². The van der Waals surface area contributed by atoms with Crippen LogP contribution in [0.15, 0.2) is 0 Å². The Hall–Kier alpha value is -0.0400. The van der Waals surface area contributed by atoms with Crippen molar-refractivity contribution in [1.29, 1.82) is 0 Å². The average Bonchev–Trinajstić information content (AvgIpc) is 2.49. The van der Waals surface area contributed by atoms with Gasteiger partial charge in [0.1, 0.15) is 0 Å². The van der Waals surface area contributed by atoms with Gasteiger partial charge in [-0.05, 0) is 25.2 Å². The molecule has 0 spiro atoms. The van der Waals surface area contributed by atoms with Crippen LogP contribution in [0.4, 0.5) is 0 Å². The van der Waals surface area contributed by atoms with Gasteiger partial charge in [-0.15, -0.1) is 0 Å². The number of nitrogens with two attached hydrogens (primary N) is 1. The quantitative estimate of drug-likeness (QED) is 0.403. The van der Waals surface area contributed by atoms with Gasteiger partial charge in [0.2, 0.25) is 0 Å². The van der Waals surface area contributed by atoms with Crippen molar-refractivity contribution >= 4 is 0 Å². The number of rotatable bonds is 12. The molecule has 1 fully saturated rings. The second-order valence-corrected chi connectivity index (χ2v) is 7.66. The number of unbranched alkanes of at least 4 members (excludes halogenated alkanes) is 9. The van der Waals surface area contributed by atoms with Crippen molar-refractivity contribution in [3.05, 3.63) is 0 Å². The smallest absolute Gasteiger partial charge is 0.0157 e. The van der Waals surface area contributed by atoms with Crippen LogP contribution in [0.3, 0.4) is 0 Å². The van der Waals surface area contributed by atoms with Gasteiger partial charge in [0.05, 0.1) is 0 Å². The van der Waals surface area contributed by atoms with Crippen LogP contribution in [0, 0.1) is 5.92 Å². The molecule has 1 saturated carbocycles. The maximum atomic E-state index is 6.63. The Labute approximate surface area is 134 Å². The summed E-state index contributed by atoms with van der Waals surface area (Å²) in [6.07, 6.45) is 22.2. The zero-order valence-electron chi connectivity index (χ0n) is 15.0. The summed E-state index contributed by atoms with van der Waals surface area (Å²) in [7, 11) is 0. The molecule has 0 heterocycles. The van der Waals surface area contributed by atoms with Crippen LogP contribution >= 0.6 is 0 Å². The molecule has 2 N–H and O–H groups in total. The van der Waals surface area contributed by atoms with E-state index in [0.29, 0.717) is 0 Å². The Kier molecular flexibility index (Phi) is 10.4. The van der Waals surface area contributed by atoms with E-state index in [9.17, 15) is 0 Å². The second-order valence-electron chi connectivity index (χ2n) is 7.66. The lowest BCUT2D eigenvalue weighted by molar-refractivity contribution is 0.203. The number of hydrogen-bond donors (Lipinski definition) is 1. The van der Waals surface area contributed by atoms with Gasteiger partial charge in [-0.25, -0.2) is 0 Å². The van der Waals surface area contributed by atoms with Crippen molar-refractivity contribution in [2.45, 2.75) is 122 Å². The molecule has 21 heavy (non-hydrogen) atoms. The summed E-state index contributed by atoms with van der Waals surface area (Å²) in [4.78, 5) is 0. The highest BCUT2D eigenvalue weighted by atomic mass is 14.7. The molecule has 1 aliphatic carbocycles. The molecule has 126 valence electrons. The van der Waals surface area contributed by atoms with Crippen LogP contribution in [0.2, 0.25) is 0 Å². The summed E-state index contributed by atoms with van der Waals surface area (Å²) in [5, 5.41) is 0. The van der Waals surface area contributed by atoms with Crippen molar-refractivity contribution in [2.24, 2.45) is 11.7 Å². The van der Waals surface area contributed by atoms with Crippen LogP contribution in [0.25, 0.3) is 0 Å². The Morgan fingerprint density at radius 1 is 0.857 bits per heavy atom. The zero-order valence-corrected chi connectivity index (χ0v) is 15.0. The first-order valence-electron chi connectivity index (χ1n) is 9.99. The molecule has 0 bridgehead atoms. The molecule has 0 saturated heterocycles. The topological polar surface area (TPSA) is 26.0 Å². The minimum Gasteiger partial charge on any atom is -0.325 e. The normalized spacial score (nSPS) is 26.1. The third-order valence-corrected chi connectivity index (χ3v) is 5.59. The van der Waals surface area contributed by atoms with Gasteiger partial charge in [-0.1, -0.05) is 97.3 Å². The highest BCUT2D eigenvalue weighted by Gasteiger charge is 2.31. The Morgan fingerprint density at radius 3 is 2.00 bits per heavy atom. The lowest BCUT2D eigenvalue weighted by atomic mass is 9.73. The molecule has 1 nitrogen and oxygen atoms in total. The Morgan fingerprint density at radius 2 is 1.43 bits per heavy atom. The van der Waals surface area contributed by atoms with Crippen molar-refractivity contribution in [2.75, 3.05) is 0 Å². The molecule has 0 aromatic heterocycles. The molecule has 1 aliphatic rings. The molecule has 2 unspecified atom stereocenters. The SMILES string of the molecule is CCCCCCCCCCCCC1(N)CCCC(CC)C1. The fraction of sp³-hybridized carbons (Fsp3) is 1.00. The van der Waals surface area contributed by atoms with Gasteiger partial charge in [-0.2, -0.15) is 0 Å². The highest BCUT2D eigenvalue weighted by Crippen LogP contribution is 2.35. The van der Waals surface area contributed by atoms with Crippen LogP contribution in [0.5, 0.6) is 0 Å². The van der Waals surface area contributed by atoms with Crippen LogP contribution in [-0.4, -0.2) is 5.54 Å². The Balaban J connectivity index is 1.93. The van der Waals surface area contributed by atoms with E-state index < -0.39 is 0 Å². The van der Waals surface area contributed by atoms with E-state index >= 15 is 0 Å². The fourth-order valence-corrected chi connectivity index (χ4v) is 4.06. The van der Waals surface area contributed by atoms with Gasteiger partial charge >= 0.3 is 0 Å². The average molecular weight is 296 g/mol. The molecular formula is C20H41N. The van der Waals surface area contributed by atoms with Crippen molar-refractivity contribution in [3.63, 3.8) is 0 Å². The first-order chi connectivity index (χ1) is 10.2. The molecule has 0 radical (unpaired) electrons. The van der Waals surface area contributed by atoms with Crippen LogP contribution in [0.1, 0.15) is 117 Å². The first-order valence-corrected chi connectivity index (χ1v) is 9.99. The van der Waals surface area contributed by atoms with E-state index in [1.165, 1.54) is 103 Å². The lowest BCUT2D eigenvalue weighted by Crippen LogP contribution is -2.44. The van der Waals surface area contributed by atoms with E-state index in [1.54, 1.807) is 0 Å². The zero-order chi connectivity index (χ0) is 15.4. The van der Waals surface area contributed by atoms with E-state index in [4.69, 9.17) is 5.73 Å². The van der Waals surface area contributed by atoms with Gasteiger partial charge < -0.3 is 5.73 Å². The third-order valence-electron chi connectivity index (χ3n) is 5.59. The summed E-state index contributed by atoms with van der Waals surface area (Å²) in [6.45, 7) is 4.62. The predicted molar refractivity (Wildman–Crippen MR) is 95.6 cm³/mol. The molecule has 1 rings (SSSR count). The summed E-state index contributed by atoms with van der Waals surface area (Å²) in [5.74, 6) is 0.909. The predicted octanol–water partition coefficient (Wildman–Crippen LogP) is 6.60. The summed E-state index contributed by atoms with van der Waals surface area (Å²) >= 11 is 0. The lowest BCUT2D eigenvalue weighted by Gasteiger charge is -2.38.